The van der Waals surface area contributed by atoms with E-state index in [4.69, 9.17) is 5.73 Å². The van der Waals surface area contributed by atoms with Gasteiger partial charge in [0.15, 0.2) is 0 Å². The van der Waals surface area contributed by atoms with Gasteiger partial charge in [-0.2, -0.15) is 5.10 Å². The first-order valence-corrected chi connectivity index (χ1v) is 6.75. The molecule has 5 heteroatoms. The molecule has 2 aromatic heterocycles. The zero-order chi connectivity index (χ0) is 13.1. The normalized spacial score (nSPS) is 19.9. The second-order valence-corrected chi connectivity index (χ2v) is 5.02. The maximum Gasteiger partial charge on any atom is 0.0719 e. The second kappa shape index (κ2) is 5.40. The summed E-state index contributed by atoms with van der Waals surface area (Å²) in [5.41, 5.74) is 7.72. The van der Waals surface area contributed by atoms with Crippen LogP contribution in [0.2, 0.25) is 0 Å². The lowest BCUT2D eigenvalue weighted by molar-refractivity contribution is 0.242. The fourth-order valence-corrected chi connectivity index (χ4v) is 2.78. The van der Waals surface area contributed by atoms with Gasteiger partial charge < -0.3 is 5.73 Å². The predicted molar refractivity (Wildman–Crippen MR) is 74.4 cm³/mol. The van der Waals surface area contributed by atoms with E-state index >= 15 is 0 Å². The lowest BCUT2D eigenvalue weighted by Gasteiger charge is -2.24. The highest BCUT2D eigenvalue weighted by molar-refractivity contribution is 5.30. The summed E-state index contributed by atoms with van der Waals surface area (Å²) >= 11 is 0. The molecule has 2 aromatic rings. The van der Waals surface area contributed by atoms with Crippen molar-refractivity contribution in [3.63, 3.8) is 0 Å². The van der Waals surface area contributed by atoms with Gasteiger partial charge in [0.25, 0.3) is 0 Å². The molecule has 1 atom stereocenters. The number of aromatic nitrogens is 3. The summed E-state index contributed by atoms with van der Waals surface area (Å²) in [5.74, 6) is 0. The molecule has 0 amide bonds. The van der Waals surface area contributed by atoms with Crippen molar-refractivity contribution in [1.82, 2.24) is 19.7 Å². The molecule has 0 saturated carbocycles. The molecule has 5 nitrogen and oxygen atoms in total. The minimum Gasteiger partial charge on any atom is -0.396 e. The molecule has 1 fully saturated rings. The highest BCUT2D eigenvalue weighted by Gasteiger charge is 2.25. The minimum atomic E-state index is 0.501. The Hall–Kier alpha value is -1.88. The van der Waals surface area contributed by atoms with Crippen LogP contribution in [0.4, 0.5) is 5.69 Å². The van der Waals surface area contributed by atoms with E-state index in [1.165, 1.54) is 18.4 Å². The number of likely N-dealkylation sites (tertiary alicyclic amines) is 1. The Balaban J connectivity index is 1.64. The number of hydrogen-bond donors (Lipinski definition) is 1. The minimum absolute atomic E-state index is 0.501. The molecule has 0 radical (unpaired) electrons. The van der Waals surface area contributed by atoms with Crippen molar-refractivity contribution in [3.05, 3.63) is 42.5 Å². The third-order valence-electron chi connectivity index (χ3n) is 3.70. The van der Waals surface area contributed by atoms with Gasteiger partial charge in [-0.25, -0.2) is 0 Å². The molecule has 3 heterocycles. The summed E-state index contributed by atoms with van der Waals surface area (Å²) in [6.45, 7) is 3.03. The van der Waals surface area contributed by atoms with Crippen LogP contribution < -0.4 is 5.73 Å². The average molecular weight is 257 g/mol. The number of anilines is 1. The molecule has 1 aliphatic rings. The first-order valence-electron chi connectivity index (χ1n) is 6.75. The SMILES string of the molecule is Nc1cnn(CCN2CCCC2c2cccnc2)c1. The van der Waals surface area contributed by atoms with Gasteiger partial charge in [0, 0.05) is 31.2 Å². The number of nitrogens with two attached hydrogens (primary N) is 1. The summed E-state index contributed by atoms with van der Waals surface area (Å²) in [5, 5.41) is 4.23. The molecule has 0 aliphatic carbocycles. The van der Waals surface area contributed by atoms with Crippen molar-refractivity contribution in [2.75, 3.05) is 18.8 Å². The van der Waals surface area contributed by atoms with Crippen LogP contribution in [0.3, 0.4) is 0 Å². The topological polar surface area (TPSA) is 60.0 Å². The smallest absolute Gasteiger partial charge is 0.0719 e. The summed E-state index contributed by atoms with van der Waals surface area (Å²) in [4.78, 5) is 6.73. The van der Waals surface area contributed by atoms with Crippen molar-refractivity contribution < 1.29 is 0 Å². The molecule has 1 aliphatic heterocycles. The lowest BCUT2D eigenvalue weighted by Crippen LogP contribution is -2.27. The Labute approximate surface area is 113 Å². The maximum atomic E-state index is 5.68. The van der Waals surface area contributed by atoms with Gasteiger partial charge >= 0.3 is 0 Å². The fourth-order valence-electron chi connectivity index (χ4n) is 2.78. The van der Waals surface area contributed by atoms with Gasteiger partial charge in [0.2, 0.25) is 0 Å². The van der Waals surface area contributed by atoms with Gasteiger partial charge in [0.1, 0.15) is 0 Å². The summed E-state index contributed by atoms with van der Waals surface area (Å²) in [7, 11) is 0. The van der Waals surface area contributed by atoms with Crippen LogP contribution >= 0.6 is 0 Å². The molecule has 1 saturated heterocycles. The number of rotatable bonds is 4. The van der Waals surface area contributed by atoms with Crippen LogP contribution in [-0.4, -0.2) is 32.8 Å². The van der Waals surface area contributed by atoms with Crippen molar-refractivity contribution >= 4 is 5.69 Å². The molecule has 0 spiro atoms. The molecule has 100 valence electrons. The van der Waals surface area contributed by atoms with Crippen molar-refractivity contribution in [2.45, 2.75) is 25.4 Å². The van der Waals surface area contributed by atoms with E-state index in [2.05, 4.69) is 21.0 Å². The van der Waals surface area contributed by atoms with Gasteiger partial charge in [-0.3, -0.25) is 14.6 Å². The Morgan fingerprint density at radius 3 is 3.00 bits per heavy atom. The van der Waals surface area contributed by atoms with E-state index in [-0.39, 0.29) is 0 Å². The summed E-state index contributed by atoms with van der Waals surface area (Å²) < 4.78 is 1.91. The zero-order valence-corrected chi connectivity index (χ0v) is 10.9. The molecule has 1 unspecified atom stereocenters. The highest BCUT2D eigenvalue weighted by atomic mass is 15.3. The van der Waals surface area contributed by atoms with Gasteiger partial charge in [-0.1, -0.05) is 6.07 Å². The highest BCUT2D eigenvalue weighted by Crippen LogP contribution is 2.30. The maximum absolute atomic E-state index is 5.68. The van der Waals surface area contributed by atoms with E-state index in [1.54, 1.807) is 6.20 Å². The van der Waals surface area contributed by atoms with Gasteiger partial charge in [-0.15, -0.1) is 0 Å². The van der Waals surface area contributed by atoms with Crippen molar-refractivity contribution in [2.24, 2.45) is 0 Å². The zero-order valence-electron chi connectivity index (χ0n) is 10.9. The standard InChI is InChI=1S/C14H19N5/c15-13-10-17-19(11-13)8-7-18-6-2-4-14(18)12-3-1-5-16-9-12/h1,3,5,9-11,14H,2,4,6-8,15H2. The number of hydrogen-bond acceptors (Lipinski definition) is 4. The number of nitrogen functional groups attached to an aromatic ring is 1. The van der Waals surface area contributed by atoms with Crippen LogP contribution in [0.15, 0.2) is 36.9 Å². The lowest BCUT2D eigenvalue weighted by atomic mass is 10.1. The number of pyridine rings is 1. The Morgan fingerprint density at radius 2 is 2.26 bits per heavy atom. The third kappa shape index (κ3) is 2.76. The van der Waals surface area contributed by atoms with E-state index in [0.29, 0.717) is 6.04 Å². The Kier molecular flexibility index (Phi) is 3.46. The first kappa shape index (κ1) is 12.2. The second-order valence-electron chi connectivity index (χ2n) is 5.02. The predicted octanol–water partition coefficient (Wildman–Crippen LogP) is 1.70. The molecule has 0 aromatic carbocycles. The van der Waals surface area contributed by atoms with Crippen molar-refractivity contribution in [3.8, 4) is 0 Å². The largest absolute Gasteiger partial charge is 0.396 e. The van der Waals surface area contributed by atoms with E-state index in [0.717, 1.165) is 25.3 Å². The fraction of sp³-hybridized carbons (Fsp3) is 0.429. The van der Waals surface area contributed by atoms with Crippen molar-refractivity contribution in [1.29, 1.82) is 0 Å². The monoisotopic (exact) mass is 257 g/mol. The van der Waals surface area contributed by atoms with Crippen LogP contribution in [0.1, 0.15) is 24.4 Å². The summed E-state index contributed by atoms with van der Waals surface area (Å²) in [6, 6.07) is 4.68. The Morgan fingerprint density at radius 1 is 1.32 bits per heavy atom. The van der Waals surface area contributed by atoms with E-state index in [9.17, 15) is 0 Å². The first-order chi connectivity index (χ1) is 9.33. The molecular formula is C14H19N5. The van der Waals surface area contributed by atoms with Gasteiger partial charge in [-0.05, 0) is 31.0 Å². The Bertz CT molecular complexity index is 522. The quantitative estimate of drug-likeness (QED) is 0.905. The molecular weight excluding hydrogens is 238 g/mol. The molecule has 19 heavy (non-hydrogen) atoms. The summed E-state index contributed by atoms with van der Waals surface area (Å²) in [6.07, 6.45) is 9.86. The van der Waals surface area contributed by atoms with E-state index < -0.39 is 0 Å². The van der Waals surface area contributed by atoms with Crippen LogP contribution in [0.25, 0.3) is 0 Å². The number of nitrogens with zero attached hydrogens (tertiary/aromatic N) is 4. The third-order valence-corrected chi connectivity index (χ3v) is 3.70. The molecule has 3 rings (SSSR count). The van der Waals surface area contributed by atoms with Crippen LogP contribution in [-0.2, 0) is 6.54 Å². The van der Waals surface area contributed by atoms with E-state index in [1.807, 2.05) is 29.3 Å². The van der Waals surface area contributed by atoms with Crippen LogP contribution in [0.5, 0.6) is 0 Å². The van der Waals surface area contributed by atoms with Gasteiger partial charge in [0.05, 0.1) is 18.4 Å². The average Bonchev–Trinajstić information content (AvgIpc) is 3.06. The molecule has 2 N–H and O–H groups in total. The molecule has 0 bridgehead atoms. The van der Waals surface area contributed by atoms with Crippen LogP contribution in [0, 0.1) is 0 Å².